The van der Waals surface area contributed by atoms with Gasteiger partial charge in [0.1, 0.15) is 23.2 Å². The predicted octanol–water partition coefficient (Wildman–Crippen LogP) is 3.73. The Labute approximate surface area is 264 Å². The molecule has 0 aliphatic carbocycles. The lowest BCUT2D eigenvalue weighted by molar-refractivity contribution is -0.0826. The van der Waals surface area contributed by atoms with Gasteiger partial charge in [-0.1, -0.05) is 26.8 Å². The van der Waals surface area contributed by atoms with Gasteiger partial charge in [-0.25, -0.2) is 15.0 Å². The minimum absolute atomic E-state index is 0.106. The fourth-order valence-corrected chi connectivity index (χ4v) is 5.77. The molecule has 0 spiro atoms. The number of ether oxygens (including phenoxy) is 1. The van der Waals surface area contributed by atoms with E-state index < -0.39 is 0 Å². The average molecular weight is 616 g/mol. The third-order valence-electron chi connectivity index (χ3n) is 8.33. The second kappa shape index (κ2) is 12.9. The highest BCUT2D eigenvalue weighted by Crippen LogP contribution is 2.30. The SMILES string of the molecule is Cc1ccc(C(=O)N/C(N)=C/C(=N)C(C)(C)C)cc1Nc1ncnc2c(N)nc(N3CCC(N4C[C@@H](C)O[C@@H](C)C4)CC3)nc12. The minimum atomic E-state index is -0.390. The molecule has 0 bridgehead atoms. The second-order valence-electron chi connectivity index (χ2n) is 13.1. The van der Waals surface area contributed by atoms with Crippen LogP contribution < -0.4 is 27.0 Å². The van der Waals surface area contributed by atoms with E-state index in [9.17, 15) is 4.79 Å². The van der Waals surface area contributed by atoms with E-state index in [4.69, 9.17) is 26.6 Å². The van der Waals surface area contributed by atoms with Crippen molar-refractivity contribution in [1.29, 1.82) is 5.41 Å². The van der Waals surface area contributed by atoms with Gasteiger partial charge in [0.2, 0.25) is 5.95 Å². The summed E-state index contributed by atoms with van der Waals surface area (Å²) in [5.41, 5.74) is 15.3. The molecule has 2 aliphatic rings. The Morgan fingerprint density at radius 3 is 2.44 bits per heavy atom. The number of nitrogens with one attached hydrogen (secondary N) is 3. The van der Waals surface area contributed by atoms with Crippen molar-refractivity contribution in [2.24, 2.45) is 11.1 Å². The number of piperidine rings is 1. The first-order chi connectivity index (χ1) is 21.3. The zero-order chi connectivity index (χ0) is 32.5. The first-order valence-corrected chi connectivity index (χ1v) is 15.5. The van der Waals surface area contributed by atoms with Gasteiger partial charge in [-0.3, -0.25) is 9.69 Å². The molecule has 45 heavy (non-hydrogen) atoms. The van der Waals surface area contributed by atoms with Crippen molar-refractivity contribution >= 4 is 45.9 Å². The van der Waals surface area contributed by atoms with Gasteiger partial charge in [0.25, 0.3) is 5.91 Å². The van der Waals surface area contributed by atoms with Crippen molar-refractivity contribution in [2.75, 3.05) is 42.1 Å². The number of rotatable bonds is 7. The Hall–Kier alpha value is -4.36. The van der Waals surface area contributed by atoms with E-state index in [0.29, 0.717) is 45.8 Å². The molecule has 13 nitrogen and oxygen atoms in total. The molecule has 2 fully saturated rings. The molecule has 2 aliphatic heterocycles. The van der Waals surface area contributed by atoms with Crippen molar-refractivity contribution < 1.29 is 9.53 Å². The van der Waals surface area contributed by atoms with Crippen LogP contribution in [0.4, 0.5) is 23.3 Å². The summed E-state index contributed by atoms with van der Waals surface area (Å²) in [6.07, 6.45) is 5.37. The van der Waals surface area contributed by atoms with Gasteiger partial charge in [-0.05, 0) is 57.4 Å². The van der Waals surface area contributed by atoms with E-state index >= 15 is 0 Å². The maximum absolute atomic E-state index is 13.0. The number of fused-ring (bicyclic) bond motifs is 1. The Kier molecular flexibility index (Phi) is 9.21. The standard InChI is InChI=1S/C32H45N11O2/c1-18-7-8-21(30(44)39-25(34)14-24(33)32(4,5)6)13-23(18)38-29-27-26(36-17-37-29)28(35)41-31(40-27)42-11-9-22(10-12-42)43-15-19(2)45-20(3)16-43/h7-8,13-14,17,19-20,22,33H,9-12,15-16,34H2,1-6H3,(H,39,44)(H2,35,40,41)(H,36,37,38)/b25-14+,33-24?/t19-,20+. The lowest BCUT2D eigenvalue weighted by Gasteiger charge is -2.43. The van der Waals surface area contributed by atoms with Crippen LogP contribution >= 0.6 is 0 Å². The van der Waals surface area contributed by atoms with Crippen LogP contribution in [0, 0.1) is 17.7 Å². The molecule has 0 saturated carbocycles. The van der Waals surface area contributed by atoms with E-state index in [-0.39, 0.29) is 35.2 Å². The molecular formula is C32H45N11O2. The summed E-state index contributed by atoms with van der Waals surface area (Å²) in [5.74, 6) is 1.01. The van der Waals surface area contributed by atoms with E-state index in [0.717, 1.165) is 44.6 Å². The van der Waals surface area contributed by atoms with Crippen molar-refractivity contribution in [3.8, 4) is 0 Å². The van der Waals surface area contributed by atoms with Gasteiger partial charge in [0.05, 0.1) is 12.2 Å². The Morgan fingerprint density at radius 1 is 1.09 bits per heavy atom. The average Bonchev–Trinajstić information content (AvgIpc) is 2.97. The van der Waals surface area contributed by atoms with Gasteiger partial charge in [-0.15, -0.1) is 0 Å². The number of morpholine rings is 1. The molecule has 2 saturated heterocycles. The van der Waals surface area contributed by atoms with Crippen LogP contribution in [0.1, 0.15) is 63.4 Å². The Balaban J connectivity index is 1.34. The number of hydrogen-bond donors (Lipinski definition) is 5. The van der Waals surface area contributed by atoms with Crippen LogP contribution in [-0.4, -0.2) is 80.9 Å². The fourth-order valence-electron chi connectivity index (χ4n) is 5.77. The number of amides is 1. The number of carbonyl (C=O) groups excluding carboxylic acids is 1. The van der Waals surface area contributed by atoms with Gasteiger partial charge in [-0.2, -0.15) is 4.98 Å². The Bertz CT molecular complexity index is 1600. The van der Waals surface area contributed by atoms with Crippen LogP contribution in [0.2, 0.25) is 0 Å². The summed E-state index contributed by atoms with van der Waals surface area (Å²) in [6.45, 7) is 15.5. The molecule has 7 N–H and O–H groups in total. The van der Waals surface area contributed by atoms with Crippen molar-refractivity contribution in [2.45, 2.75) is 72.6 Å². The van der Waals surface area contributed by atoms with Gasteiger partial charge in [0.15, 0.2) is 11.6 Å². The van der Waals surface area contributed by atoms with Crippen LogP contribution in [0.25, 0.3) is 11.0 Å². The molecule has 1 aromatic carbocycles. The minimum Gasteiger partial charge on any atom is -0.385 e. The third kappa shape index (κ3) is 7.48. The summed E-state index contributed by atoms with van der Waals surface area (Å²) >= 11 is 0. The van der Waals surface area contributed by atoms with Crippen molar-refractivity contribution in [3.63, 3.8) is 0 Å². The number of nitrogen functional groups attached to an aromatic ring is 1. The molecule has 1 amide bonds. The predicted molar refractivity (Wildman–Crippen MR) is 178 cm³/mol. The van der Waals surface area contributed by atoms with Gasteiger partial charge < -0.3 is 37.1 Å². The number of aryl methyl sites for hydroxylation is 1. The quantitative estimate of drug-likeness (QED) is 0.244. The monoisotopic (exact) mass is 615 g/mol. The van der Waals surface area contributed by atoms with Crippen LogP contribution in [0.3, 0.4) is 0 Å². The summed E-state index contributed by atoms with van der Waals surface area (Å²) in [4.78, 5) is 36.1. The molecule has 0 radical (unpaired) electrons. The summed E-state index contributed by atoms with van der Waals surface area (Å²) in [7, 11) is 0. The molecule has 13 heteroatoms. The Morgan fingerprint density at radius 2 is 1.78 bits per heavy atom. The zero-order valence-corrected chi connectivity index (χ0v) is 27.0. The highest BCUT2D eigenvalue weighted by molar-refractivity contribution is 6.00. The summed E-state index contributed by atoms with van der Waals surface area (Å²) in [6, 6.07) is 5.78. The second-order valence-corrected chi connectivity index (χ2v) is 13.1. The van der Waals surface area contributed by atoms with E-state index in [1.165, 1.54) is 12.4 Å². The van der Waals surface area contributed by atoms with Gasteiger partial charge in [0, 0.05) is 54.6 Å². The number of benzene rings is 1. The fraction of sp³-hybridized carbons (Fsp3) is 0.500. The van der Waals surface area contributed by atoms with Crippen molar-refractivity contribution in [3.05, 3.63) is 47.6 Å². The normalized spacial score (nSPS) is 20.3. The molecule has 0 unspecified atom stereocenters. The van der Waals surface area contributed by atoms with Crippen LogP contribution in [0.5, 0.6) is 0 Å². The number of nitrogens with two attached hydrogens (primary N) is 2. The first kappa shape index (κ1) is 32.0. The number of carbonyl (C=O) groups is 1. The molecule has 2 aromatic heterocycles. The van der Waals surface area contributed by atoms with E-state index in [1.54, 1.807) is 12.1 Å². The number of aromatic nitrogens is 4. The lowest BCUT2D eigenvalue weighted by atomic mass is 9.90. The van der Waals surface area contributed by atoms with Crippen molar-refractivity contribution in [1.82, 2.24) is 30.2 Å². The number of nitrogens with zero attached hydrogens (tertiary/aromatic N) is 6. The first-order valence-electron chi connectivity index (χ1n) is 15.5. The maximum atomic E-state index is 13.0. The number of allylic oxidation sites excluding steroid dienone is 1. The molecule has 4 heterocycles. The largest absolute Gasteiger partial charge is 0.385 e. The smallest absolute Gasteiger partial charge is 0.256 e. The molecule has 240 valence electrons. The molecule has 2 atom stereocenters. The lowest BCUT2D eigenvalue weighted by Crippen LogP contribution is -2.53. The van der Waals surface area contributed by atoms with E-state index in [2.05, 4.69) is 49.2 Å². The van der Waals surface area contributed by atoms with Crippen LogP contribution in [0.15, 0.2) is 36.4 Å². The number of anilines is 4. The van der Waals surface area contributed by atoms with Gasteiger partial charge >= 0.3 is 0 Å². The topological polar surface area (TPSA) is 184 Å². The molecule has 5 rings (SSSR count). The zero-order valence-electron chi connectivity index (χ0n) is 27.0. The highest BCUT2D eigenvalue weighted by atomic mass is 16.5. The number of hydrogen-bond acceptors (Lipinski definition) is 12. The van der Waals surface area contributed by atoms with E-state index in [1.807, 2.05) is 33.8 Å². The summed E-state index contributed by atoms with van der Waals surface area (Å²) < 4.78 is 5.93. The maximum Gasteiger partial charge on any atom is 0.256 e. The molecular weight excluding hydrogens is 570 g/mol. The highest BCUT2D eigenvalue weighted by Gasteiger charge is 2.31. The summed E-state index contributed by atoms with van der Waals surface area (Å²) in [5, 5.41) is 14.2. The molecule has 3 aromatic rings. The third-order valence-corrected chi connectivity index (χ3v) is 8.33. The van der Waals surface area contributed by atoms with Crippen LogP contribution in [-0.2, 0) is 4.74 Å².